The molecule has 21 heavy (non-hydrogen) atoms. The van der Waals surface area contributed by atoms with Crippen molar-refractivity contribution in [3.63, 3.8) is 0 Å². The van der Waals surface area contributed by atoms with E-state index in [1.807, 2.05) is 0 Å². The number of carboxylic acid groups (broad SMARTS) is 1. The fourth-order valence-corrected chi connectivity index (χ4v) is 2.61. The molecule has 0 saturated heterocycles. The van der Waals surface area contributed by atoms with E-state index in [-0.39, 0.29) is 5.69 Å². The first-order valence-corrected chi connectivity index (χ1v) is 7.50. The van der Waals surface area contributed by atoms with Crippen LogP contribution in [0.3, 0.4) is 0 Å². The molecule has 0 aliphatic rings. The predicted octanol–water partition coefficient (Wildman–Crippen LogP) is 2.18. The quantitative estimate of drug-likeness (QED) is 0.847. The number of carbonyl (C=O) groups is 1. The van der Waals surface area contributed by atoms with Crippen LogP contribution in [0.4, 0.5) is 5.69 Å². The largest absolute Gasteiger partial charge is 0.492 e. The summed E-state index contributed by atoms with van der Waals surface area (Å²) in [5, 5.41) is 8.26. The lowest BCUT2D eigenvalue weighted by atomic mass is 10.3. The number of para-hydroxylation sites is 2. The molecule has 0 atom stereocenters. The number of rotatable bonds is 6. The molecule has 0 radical (unpaired) electrons. The number of carboxylic acids is 1. The van der Waals surface area contributed by atoms with Crippen molar-refractivity contribution in [2.24, 2.45) is 0 Å². The minimum absolute atomic E-state index is 0.243. The maximum Gasteiger partial charge on any atom is 0.371 e. The fraction of sp³-hybridized carbons (Fsp3) is 0.154. The first-order valence-electron chi connectivity index (χ1n) is 6.02. The molecular formula is C13H13NO6S. The first kappa shape index (κ1) is 14.9. The Morgan fingerprint density at radius 2 is 2.00 bits per heavy atom. The number of hydrogen-bond donors (Lipinski definition) is 2. The normalized spacial score (nSPS) is 11.1. The molecule has 0 aliphatic heterocycles. The molecular weight excluding hydrogens is 298 g/mol. The maximum absolute atomic E-state index is 12.1. The second-order valence-corrected chi connectivity index (χ2v) is 5.57. The van der Waals surface area contributed by atoms with Crippen molar-refractivity contribution in [2.45, 2.75) is 12.0 Å². The molecule has 0 amide bonds. The average molecular weight is 311 g/mol. The summed E-state index contributed by atoms with van der Waals surface area (Å²) in [7, 11) is -4.03. The van der Waals surface area contributed by atoms with E-state index in [0.29, 0.717) is 12.4 Å². The molecule has 1 aromatic carbocycles. The molecule has 1 aromatic heterocycles. The van der Waals surface area contributed by atoms with E-state index in [1.165, 1.54) is 6.07 Å². The summed E-state index contributed by atoms with van der Waals surface area (Å²) in [6.07, 6.45) is 0. The predicted molar refractivity (Wildman–Crippen MR) is 74.1 cm³/mol. The van der Waals surface area contributed by atoms with Gasteiger partial charge in [-0.3, -0.25) is 4.72 Å². The Morgan fingerprint density at radius 1 is 1.29 bits per heavy atom. The second-order valence-electron chi connectivity index (χ2n) is 3.96. The van der Waals surface area contributed by atoms with Gasteiger partial charge in [-0.05, 0) is 31.2 Å². The highest BCUT2D eigenvalue weighted by atomic mass is 32.2. The van der Waals surface area contributed by atoms with Crippen LogP contribution in [-0.4, -0.2) is 26.1 Å². The van der Waals surface area contributed by atoms with E-state index in [1.54, 1.807) is 25.1 Å². The first-order chi connectivity index (χ1) is 9.94. The zero-order valence-corrected chi connectivity index (χ0v) is 11.9. The third-order valence-corrected chi connectivity index (χ3v) is 3.73. The van der Waals surface area contributed by atoms with E-state index in [4.69, 9.17) is 14.3 Å². The number of aromatic carboxylic acids is 1. The van der Waals surface area contributed by atoms with Gasteiger partial charge < -0.3 is 14.3 Å². The van der Waals surface area contributed by atoms with Crippen LogP contribution < -0.4 is 9.46 Å². The average Bonchev–Trinajstić information content (AvgIpc) is 2.92. The minimum Gasteiger partial charge on any atom is -0.492 e. The van der Waals surface area contributed by atoms with Crippen molar-refractivity contribution >= 4 is 21.7 Å². The number of anilines is 1. The standard InChI is InChI=1S/C13H13NO6S/c1-2-19-10-6-4-3-5-9(10)14-21(17,18)12-8-7-11(20-12)13(15)16/h3-8,14H,2H2,1H3,(H,15,16). The zero-order valence-electron chi connectivity index (χ0n) is 11.1. The van der Waals surface area contributed by atoms with Gasteiger partial charge >= 0.3 is 5.97 Å². The molecule has 0 aliphatic carbocycles. The number of nitrogens with one attached hydrogen (secondary N) is 1. The van der Waals surface area contributed by atoms with E-state index in [9.17, 15) is 13.2 Å². The highest BCUT2D eigenvalue weighted by Gasteiger charge is 2.22. The SMILES string of the molecule is CCOc1ccccc1NS(=O)(=O)c1ccc(C(=O)O)o1. The fourth-order valence-electron chi connectivity index (χ4n) is 1.61. The summed E-state index contributed by atoms with van der Waals surface area (Å²) >= 11 is 0. The van der Waals surface area contributed by atoms with Gasteiger partial charge in [-0.2, -0.15) is 8.42 Å². The highest BCUT2D eigenvalue weighted by Crippen LogP contribution is 2.27. The number of sulfonamides is 1. The summed E-state index contributed by atoms with van der Waals surface area (Å²) in [5.41, 5.74) is 0.243. The van der Waals surface area contributed by atoms with Crippen LogP contribution in [0.5, 0.6) is 5.75 Å². The van der Waals surface area contributed by atoms with Crippen LogP contribution in [0.2, 0.25) is 0 Å². The van der Waals surface area contributed by atoms with Gasteiger partial charge in [-0.15, -0.1) is 0 Å². The Bertz CT molecular complexity index is 750. The van der Waals surface area contributed by atoms with Gasteiger partial charge in [0.15, 0.2) is 0 Å². The summed E-state index contributed by atoms with van der Waals surface area (Å²) in [5.74, 6) is -1.42. The second kappa shape index (κ2) is 5.88. The van der Waals surface area contributed by atoms with Crippen molar-refractivity contribution in [1.82, 2.24) is 0 Å². The van der Waals surface area contributed by atoms with Crippen molar-refractivity contribution in [1.29, 1.82) is 0 Å². The van der Waals surface area contributed by atoms with E-state index in [2.05, 4.69) is 4.72 Å². The summed E-state index contributed by atoms with van der Waals surface area (Å²) in [6, 6.07) is 8.65. The van der Waals surface area contributed by atoms with Gasteiger partial charge in [-0.25, -0.2) is 4.79 Å². The number of hydrogen-bond acceptors (Lipinski definition) is 5. The van der Waals surface area contributed by atoms with Crippen LogP contribution in [0.25, 0.3) is 0 Å². The van der Waals surface area contributed by atoms with Crippen LogP contribution in [-0.2, 0) is 10.0 Å². The van der Waals surface area contributed by atoms with Gasteiger partial charge in [0.1, 0.15) is 5.75 Å². The van der Waals surface area contributed by atoms with E-state index < -0.39 is 26.8 Å². The molecule has 8 heteroatoms. The molecule has 2 rings (SSSR count). The van der Waals surface area contributed by atoms with Crippen LogP contribution in [0, 0.1) is 0 Å². The molecule has 7 nitrogen and oxygen atoms in total. The topological polar surface area (TPSA) is 106 Å². The van der Waals surface area contributed by atoms with E-state index >= 15 is 0 Å². The molecule has 0 saturated carbocycles. The Kier molecular flexibility index (Phi) is 4.18. The summed E-state index contributed by atoms with van der Waals surface area (Å²) in [6.45, 7) is 2.15. The Balaban J connectivity index is 2.30. The third kappa shape index (κ3) is 3.34. The molecule has 0 bridgehead atoms. The molecule has 112 valence electrons. The number of ether oxygens (including phenoxy) is 1. The molecule has 0 fully saturated rings. The Morgan fingerprint density at radius 3 is 2.62 bits per heavy atom. The monoisotopic (exact) mass is 311 g/mol. The van der Waals surface area contributed by atoms with Crippen molar-refractivity contribution in [3.8, 4) is 5.75 Å². The van der Waals surface area contributed by atoms with E-state index in [0.717, 1.165) is 12.1 Å². The Hall–Kier alpha value is -2.48. The van der Waals surface area contributed by atoms with Crippen LogP contribution in [0.15, 0.2) is 45.9 Å². The van der Waals surface area contributed by atoms with Gasteiger partial charge in [0, 0.05) is 0 Å². The van der Waals surface area contributed by atoms with Crippen molar-refractivity contribution in [2.75, 3.05) is 11.3 Å². The third-order valence-electron chi connectivity index (χ3n) is 2.49. The van der Waals surface area contributed by atoms with Gasteiger partial charge in [0.25, 0.3) is 10.0 Å². The Labute approximate surface area is 121 Å². The minimum atomic E-state index is -4.03. The van der Waals surface area contributed by atoms with Gasteiger partial charge in [-0.1, -0.05) is 12.1 Å². The van der Waals surface area contributed by atoms with Gasteiger partial charge in [0.2, 0.25) is 10.9 Å². The lowest BCUT2D eigenvalue weighted by molar-refractivity contribution is 0.0656. The van der Waals surface area contributed by atoms with Crippen LogP contribution >= 0.6 is 0 Å². The summed E-state index contributed by atoms with van der Waals surface area (Å²) in [4.78, 5) is 10.7. The molecule has 2 aromatic rings. The molecule has 0 unspecified atom stereocenters. The van der Waals surface area contributed by atoms with Gasteiger partial charge in [0.05, 0.1) is 12.3 Å². The molecule has 1 heterocycles. The van der Waals surface area contributed by atoms with Crippen molar-refractivity contribution < 1.29 is 27.5 Å². The summed E-state index contributed by atoms with van der Waals surface area (Å²) < 4.78 is 36.7. The number of benzene rings is 1. The number of furan rings is 1. The molecule has 0 spiro atoms. The lowest BCUT2D eigenvalue weighted by Crippen LogP contribution is -2.13. The van der Waals surface area contributed by atoms with Crippen molar-refractivity contribution in [3.05, 3.63) is 42.2 Å². The maximum atomic E-state index is 12.1. The zero-order chi connectivity index (χ0) is 15.5. The van der Waals surface area contributed by atoms with Crippen LogP contribution in [0.1, 0.15) is 17.5 Å². The smallest absolute Gasteiger partial charge is 0.371 e. The lowest BCUT2D eigenvalue weighted by Gasteiger charge is -2.11. The highest BCUT2D eigenvalue weighted by molar-refractivity contribution is 7.92. The molecule has 2 N–H and O–H groups in total.